The van der Waals surface area contributed by atoms with Crippen molar-refractivity contribution < 1.29 is 14.6 Å². The molecule has 0 aromatic heterocycles. The third kappa shape index (κ3) is 1.99. The SMILES string of the molecule is COC(=O)C1(C2(O)CCC(C(C)C)CC2)CC1. The standard InChI is InChI=1S/C14H24O3/c1-10(2)11-4-6-14(16,7-5-11)13(8-9-13)12(15)17-3/h10-11,16H,4-9H2,1-3H3. The van der Waals surface area contributed by atoms with Gasteiger partial charge in [0.2, 0.25) is 0 Å². The predicted octanol–water partition coefficient (Wildman–Crippen LogP) is 2.52. The van der Waals surface area contributed by atoms with E-state index < -0.39 is 11.0 Å². The summed E-state index contributed by atoms with van der Waals surface area (Å²) in [6.45, 7) is 4.48. The molecule has 3 nitrogen and oxygen atoms in total. The lowest BCUT2D eigenvalue weighted by atomic mass is 9.68. The Morgan fingerprint density at radius 3 is 2.12 bits per heavy atom. The first kappa shape index (κ1) is 12.9. The molecule has 0 aromatic rings. The van der Waals surface area contributed by atoms with Crippen LogP contribution in [-0.4, -0.2) is 23.8 Å². The lowest BCUT2D eigenvalue weighted by Gasteiger charge is -2.41. The van der Waals surface area contributed by atoms with Crippen molar-refractivity contribution in [3.63, 3.8) is 0 Å². The van der Waals surface area contributed by atoms with Gasteiger partial charge in [0.15, 0.2) is 0 Å². The van der Waals surface area contributed by atoms with Crippen LogP contribution in [0.1, 0.15) is 52.4 Å². The van der Waals surface area contributed by atoms with Gasteiger partial charge in [-0.05, 0) is 50.4 Å². The molecule has 2 rings (SSSR count). The van der Waals surface area contributed by atoms with E-state index in [2.05, 4.69) is 13.8 Å². The molecule has 2 aliphatic carbocycles. The molecule has 0 heterocycles. The van der Waals surface area contributed by atoms with Crippen LogP contribution in [0.2, 0.25) is 0 Å². The van der Waals surface area contributed by atoms with Crippen molar-refractivity contribution in [1.82, 2.24) is 0 Å². The van der Waals surface area contributed by atoms with Crippen molar-refractivity contribution in [2.45, 2.75) is 58.0 Å². The Hall–Kier alpha value is -0.570. The average molecular weight is 240 g/mol. The van der Waals surface area contributed by atoms with Crippen LogP contribution >= 0.6 is 0 Å². The van der Waals surface area contributed by atoms with Gasteiger partial charge in [-0.25, -0.2) is 0 Å². The van der Waals surface area contributed by atoms with Crippen molar-refractivity contribution in [2.24, 2.45) is 17.3 Å². The monoisotopic (exact) mass is 240 g/mol. The van der Waals surface area contributed by atoms with Gasteiger partial charge >= 0.3 is 5.97 Å². The lowest BCUT2D eigenvalue weighted by molar-refractivity contribution is -0.164. The number of carbonyl (C=O) groups is 1. The van der Waals surface area contributed by atoms with Crippen LogP contribution in [0.15, 0.2) is 0 Å². The van der Waals surface area contributed by atoms with E-state index in [1.807, 2.05) is 0 Å². The number of hydrogen-bond donors (Lipinski definition) is 1. The third-order valence-corrected chi connectivity index (χ3v) is 5.02. The summed E-state index contributed by atoms with van der Waals surface area (Å²) in [6, 6.07) is 0. The summed E-state index contributed by atoms with van der Waals surface area (Å²) >= 11 is 0. The average Bonchev–Trinajstić information content (AvgIpc) is 3.10. The number of carbonyl (C=O) groups excluding carboxylic acids is 1. The van der Waals surface area contributed by atoms with E-state index in [1.54, 1.807) is 0 Å². The molecule has 0 amide bonds. The molecule has 0 aliphatic heterocycles. The Bertz CT molecular complexity index is 297. The number of hydrogen-bond acceptors (Lipinski definition) is 3. The summed E-state index contributed by atoms with van der Waals surface area (Å²) in [5.74, 6) is 1.17. The second kappa shape index (κ2) is 4.27. The molecule has 2 saturated carbocycles. The molecule has 0 atom stereocenters. The molecule has 2 aliphatic rings. The molecule has 1 N–H and O–H groups in total. The maximum Gasteiger partial charge on any atom is 0.314 e. The summed E-state index contributed by atoms with van der Waals surface area (Å²) in [7, 11) is 1.42. The number of ether oxygens (including phenoxy) is 1. The van der Waals surface area contributed by atoms with Crippen LogP contribution in [0.3, 0.4) is 0 Å². The quantitative estimate of drug-likeness (QED) is 0.771. The maximum absolute atomic E-state index is 11.8. The molecular formula is C14H24O3. The Balaban J connectivity index is 2.05. The van der Waals surface area contributed by atoms with Crippen LogP contribution in [0.4, 0.5) is 0 Å². The van der Waals surface area contributed by atoms with Crippen molar-refractivity contribution in [2.75, 3.05) is 7.11 Å². The van der Waals surface area contributed by atoms with Crippen LogP contribution in [0, 0.1) is 17.3 Å². The van der Waals surface area contributed by atoms with Crippen molar-refractivity contribution in [3.8, 4) is 0 Å². The minimum absolute atomic E-state index is 0.206. The van der Waals surface area contributed by atoms with Gasteiger partial charge in [0.25, 0.3) is 0 Å². The molecular weight excluding hydrogens is 216 g/mol. The second-order valence-corrected chi connectivity index (χ2v) is 6.19. The van der Waals surface area contributed by atoms with Gasteiger partial charge in [0, 0.05) is 0 Å². The smallest absolute Gasteiger partial charge is 0.314 e. The van der Waals surface area contributed by atoms with Gasteiger partial charge in [0.05, 0.1) is 18.1 Å². The van der Waals surface area contributed by atoms with E-state index in [0.29, 0.717) is 11.8 Å². The normalized spacial score (nSPS) is 35.7. The molecule has 0 aromatic carbocycles. The first-order valence-electron chi connectivity index (χ1n) is 6.76. The Kier molecular flexibility index (Phi) is 3.23. The highest BCUT2D eigenvalue weighted by Gasteiger charge is 2.65. The second-order valence-electron chi connectivity index (χ2n) is 6.19. The van der Waals surface area contributed by atoms with E-state index in [0.717, 1.165) is 38.5 Å². The fourth-order valence-corrected chi connectivity index (χ4v) is 3.44. The van der Waals surface area contributed by atoms with Gasteiger partial charge in [-0.15, -0.1) is 0 Å². The summed E-state index contributed by atoms with van der Waals surface area (Å²) in [6.07, 6.45) is 5.17. The number of esters is 1. The first-order chi connectivity index (χ1) is 7.95. The number of methoxy groups -OCH3 is 1. The van der Waals surface area contributed by atoms with Crippen molar-refractivity contribution >= 4 is 5.97 Å². The van der Waals surface area contributed by atoms with Gasteiger partial charge in [0.1, 0.15) is 0 Å². The van der Waals surface area contributed by atoms with Crippen LogP contribution in [0.25, 0.3) is 0 Å². The van der Waals surface area contributed by atoms with E-state index in [1.165, 1.54) is 7.11 Å². The van der Waals surface area contributed by atoms with E-state index in [-0.39, 0.29) is 5.97 Å². The molecule has 0 radical (unpaired) electrons. The van der Waals surface area contributed by atoms with Gasteiger partial charge in [-0.2, -0.15) is 0 Å². The molecule has 3 heteroatoms. The number of rotatable bonds is 3. The summed E-state index contributed by atoms with van der Waals surface area (Å²) < 4.78 is 4.87. The van der Waals surface area contributed by atoms with Gasteiger partial charge in [-0.1, -0.05) is 13.8 Å². The molecule has 2 fully saturated rings. The van der Waals surface area contributed by atoms with Crippen LogP contribution < -0.4 is 0 Å². The minimum Gasteiger partial charge on any atom is -0.469 e. The maximum atomic E-state index is 11.8. The van der Waals surface area contributed by atoms with Crippen molar-refractivity contribution in [3.05, 3.63) is 0 Å². The summed E-state index contributed by atoms with van der Waals surface area (Å²) in [4.78, 5) is 11.8. The molecule has 0 saturated heterocycles. The molecule has 0 bridgehead atoms. The zero-order valence-electron chi connectivity index (χ0n) is 11.2. The zero-order valence-corrected chi connectivity index (χ0v) is 11.2. The molecule has 0 spiro atoms. The van der Waals surface area contributed by atoms with E-state index in [9.17, 15) is 9.90 Å². The number of aliphatic hydroxyl groups is 1. The predicted molar refractivity (Wildman–Crippen MR) is 65.4 cm³/mol. The van der Waals surface area contributed by atoms with Gasteiger partial charge < -0.3 is 9.84 Å². The molecule has 17 heavy (non-hydrogen) atoms. The fourth-order valence-electron chi connectivity index (χ4n) is 3.44. The highest BCUT2D eigenvalue weighted by Crippen LogP contribution is 2.60. The third-order valence-electron chi connectivity index (χ3n) is 5.02. The summed E-state index contributed by atoms with van der Waals surface area (Å²) in [5, 5.41) is 10.8. The van der Waals surface area contributed by atoms with Crippen molar-refractivity contribution in [1.29, 1.82) is 0 Å². The highest BCUT2D eigenvalue weighted by molar-refractivity contribution is 5.81. The van der Waals surface area contributed by atoms with Gasteiger partial charge in [-0.3, -0.25) is 4.79 Å². The minimum atomic E-state index is -0.800. The Morgan fingerprint density at radius 2 is 1.76 bits per heavy atom. The first-order valence-corrected chi connectivity index (χ1v) is 6.76. The zero-order chi connectivity index (χ0) is 12.7. The Morgan fingerprint density at radius 1 is 1.24 bits per heavy atom. The topological polar surface area (TPSA) is 46.5 Å². The fraction of sp³-hybridized carbons (Fsp3) is 0.929. The highest BCUT2D eigenvalue weighted by atomic mass is 16.5. The molecule has 98 valence electrons. The van der Waals surface area contributed by atoms with E-state index in [4.69, 9.17) is 4.74 Å². The Labute approximate surface area is 104 Å². The molecule has 0 unspecified atom stereocenters. The lowest BCUT2D eigenvalue weighted by Crippen LogP contribution is -2.47. The van der Waals surface area contributed by atoms with Crippen LogP contribution in [-0.2, 0) is 9.53 Å². The summed E-state index contributed by atoms with van der Waals surface area (Å²) in [5.41, 5.74) is -1.37. The van der Waals surface area contributed by atoms with Crippen LogP contribution in [0.5, 0.6) is 0 Å². The largest absolute Gasteiger partial charge is 0.469 e. The van der Waals surface area contributed by atoms with E-state index >= 15 is 0 Å².